The zero-order chi connectivity index (χ0) is 23.3. The number of imide groups is 1. The summed E-state index contributed by atoms with van der Waals surface area (Å²) in [6, 6.07) is 13.1. The van der Waals surface area contributed by atoms with Gasteiger partial charge in [0.1, 0.15) is 24.1 Å². The minimum atomic E-state index is -0.559. The summed E-state index contributed by atoms with van der Waals surface area (Å²) in [6.45, 7) is 3.93. The molecule has 1 aliphatic heterocycles. The lowest BCUT2D eigenvalue weighted by molar-refractivity contribution is -0.140. The standard InChI is InChI=1S/C25H23FN2O4/c1-4-11-28-24(29)20(16(2)21(14-27)25(28)30)12-18-7-10-22(23(13-18)31-3)32-15-17-5-8-19(26)9-6-17/h5-10,12-13H,4,11,15H2,1-3H3/b20-12+. The molecule has 0 bridgehead atoms. The summed E-state index contributed by atoms with van der Waals surface area (Å²) >= 11 is 0. The number of hydrogen-bond donors (Lipinski definition) is 0. The molecular formula is C25H23FN2O4. The zero-order valence-electron chi connectivity index (χ0n) is 18.1. The van der Waals surface area contributed by atoms with Gasteiger partial charge in [0, 0.05) is 12.1 Å². The third kappa shape index (κ3) is 4.70. The maximum Gasteiger partial charge on any atom is 0.271 e. The van der Waals surface area contributed by atoms with Crippen LogP contribution in [0.25, 0.3) is 6.08 Å². The van der Waals surface area contributed by atoms with Crippen molar-refractivity contribution in [2.24, 2.45) is 0 Å². The maximum absolute atomic E-state index is 13.1. The fourth-order valence-corrected chi connectivity index (χ4v) is 3.36. The molecule has 2 aromatic rings. The van der Waals surface area contributed by atoms with Crippen molar-refractivity contribution in [3.63, 3.8) is 0 Å². The first-order valence-electron chi connectivity index (χ1n) is 10.1. The number of halogens is 1. The molecule has 1 aliphatic rings. The fourth-order valence-electron chi connectivity index (χ4n) is 3.36. The molecule has 0 saturated carbocycles. The second-order valence-corrected chi connectivity index (χ2v) is 7.26. The van der Waals surface area contributed by atoms with Crippen LogP contribution in [0.5, 0.6) is 11.5 Å². The smallest absolute Gasteiger partial charge is 0.271 e. The Morgan fingerprint density at radius 3 is 2.44 bits per heavy atom. The van der Waals surface area contributed by atoms with Crippen LogP contribution in [0.15, 0.2) is 59.2 Å². The summed E-state index contributed by atoms with van der Waals surface area (Å²) in [5.41, 5.74) is 2.07. The summed E-state index contributed by atoms with van der Waals surface area (Å²) in [6.07, 6.45) is 2.23. The van der Waals surface area contributed by atoms with Gasteiger partial charge in [0.25, 0.3) is 11.8 Å². The van der Waals surface area contributed by atoms with Crippen LogP contribution in [0.3, 0.4) is 0 Å². The molecule has 3 rings (SSSR count). The van der Waals surface area contributed by atoms with Gasteiger partial charge < -0.3 is 9.47 Å². The highest BCUT2D eigenvalue weighted by molar-refractivity contribution is 6.19. The summed E-state index contributed by atoms with van der Waals surface area (Å²) in [5.74, 6) is -0.362. The first-order chi connectivity index (χ1) is 15.4. The summed E-state index contributed by atoms with van der Waals surface area (Å²) < 4.78 is 24.3. The molecule has 0 N–H and O–H groups in total. The number of carbonyl (C=O) groups is 2. The zero-order valence-corrected chi connectivity index (χ0v) is 18.1. The maximum atomic E-state index is 13.1. The molecule has 7 heteroatoms. The van der Waals surface area contributed by atoms with Gasteiger partial charge in [-0.15, -0.1) is 0 Å². The van der Waals surface area contributed by atoms with Crippen molar-refractivity contribution in [3.8, 4) is 17.6 Å². The van der Waals surface area contributed by atoms with Crippen molar-refractivity contribution >= 4 is 17.9 Å². The molecule has 1 heterocycles. The molecule has 32 heavy (non-hydrogen) atoms. The monoisotopic (exact) mass is 434 g/mol. The molecule has 0 saturated heterocycles. The highest BCUT2D eigenvalue weighted by Gasteiger charge is 2.34. The highest BCUT2D eigenvalue weighted by atomic mass is 19.1. The van der Waals surface area contributed by atoms with Crippen LogP contribution >= 0.6 is 0 Å². The van der Waals surface area contributed by atoms with Crippen LogP contribution in [-0.2, 0) is 16.2 Å². The summed E-state index contributed by atoms with van der Waals surface area (Å²) in [4.78, 5) is 26.5. The number of carbonyl (C=O) groups excluding carboxylic acids is 2. The number of ether oxygens (including phenoxy) is 2. The quantitative estimate of drug-likeness (QED) is 0.476. The first-order valence-corrected chi connectivity index (χ1v) is 10.1. The van der Waals surface area contributed by atoms with E-state index in [2.05, 4.69) is 0 Å². The van der Waals surface area contributed by atoms with Gasteiger partial charge in [0.15, 0.2) is 11.5 Å². The molecule has 0 aromatic heterocycles. The Bertz CT molecular complexity index is 1140. The third-order valence-electron chi connectivity index (χ3n) is 5.08. The Morgan fingerprint density at radius 1 is 1.09 bits per heavy atom. The van der Waals surface area contributed by atoms with Crippen molar-refractivity contribution in [1.82, 2.24) is 4.90 Å². The molecule has 0 radical (unpaired) electrons. The molecule has 6 nitrogen and oxygen atoms in total. The number of hydrogen-bond acceptors (Lipinski definition) is 5. The van der Waals surface area contributed by atoms with Gasteiger partial charge in [-0.2, -0.15) is 5.26 Å². The van der Waals surface area contributed by atoms with E-state index in [1.165, 1.54) is 19.2 Å². The highest BCUT2D eigenvalue weighted by Crippen LogP contribution is 2.32. The lowest BCUT2D eigenvalue weighted by Crippen LogP contribution is -2.43. The number of amides is 2. The van der Waals surface area contributed by atoms with E-state index < -0.39 is 11.8 Å². The SMILES string of the molecule is CCCN1C(=O)C(C#N)=C(C)/C(=C\c2ccc(OCc3ccc(F)cc3)c(OC)c2)C1=O. The van der Waals surface area contributed by atoms with Crippen LogP contribution in [-0.4, -0.2) is 30.4 Å². The molecule has 0 atom stereocenters. The fraction of sp³-hybridized carbons (Fsp3) is 0.240. The number of nitriles is 1. The van der Waals surface area contributed by atoms with Crippen LogP contribution < -0.4 is 9.47 Å². The topological polar surface area (TPSA) is 79.6 Å². The average molecular weight is 434 g/mol. The lowest BCUT2D eigenvalue weighted by Gasteiger charge is -2.27. The van der Waals surface area contributed by atoms with Crippen LogP contribution in [0, 0.1) is 17.1 Å². The third-order valence-corrected chi connectivity index (χ3v) is 5.08. The molecule has 0 unspecified atom stereocenters. The van der Waals surface area contributed by atoms with Crippen LogP contribution in [0.1, 0.15) is 31.4 Å². The summed E-state index contributed by atoms with van der Waals surface area (Å²) in [5, 5.41) is 9.42. The number of rotatable bonds is 7. The van der Waals surface area contributed by atoms with Gasteiger partial charge in [-0.25, -0.2) is 4.39 Å². The molecule has 0 fully saturated rings. The molecule has 164 valence electrons. The van der Waals surface area contributed by atoms with E-state index in [1.807, 2.05) is 13.0 Å². The Morgan fingerprint density at radius 2 is 1.81 bits per heavy atom. The average Bonchev–Trinajstić information content (AvgIpc) is 2.80. The first kappa shape index (κ1) is 22.8. The Labute approximate surface area is 186 Å². The molecule has 2 amide bonds. The van der Waals surface area contributed by atoms with Gasteiger partial charge in [0.2, 0.25) is 0 Å². The van der Waals surface area contributed by atoms with Gasteiger partial charge >= 0.3 is 0 Å². The van der Waals surface area contributed by atoms with Crippen molar-refractivity contribution < 1.29 is 23.5 Å². The number of methoxy groups -OCH3 is 1. The minimum absolute atomic E-state index is 0.0319. The van der Waals surface area contributed by atoms with Gasteiger partial charge in [0.05, 0.1) is 7.11 Å². The largest absolute Gasteiger partial charge is 0.493 e. The van der Waals surface area contributed by atoms with Crippen molar-refractivity contribution in [1.29, 1.82) is 5.26 Å². The van der Waals surface area contributed by atoms with Crippen molar-refractivity contribution in [2.45, 2.75) is 26.9 Å². The Balaban J connectivity index is 1.91. The van der Waals surface area contributed by atoms with Crippen molar-refractivity contribution in [2.75, 3.05) is 13.7 Å². The van der Waals surface area contributed by atoms with Crippen molar-refractivity contribution in [3.05, 3.63) is 76.1 Å². The second kappa shape index (κ2) is 9.92. The van der Waals surface area contributed by atoms with E-state index in [9.17, 15) is 19.2 Å². The lowest BCUT2D eigenvalue weighted by atomic mass is 9.93. The molecular weight excluding hydrogens is 411 g/mol. The van der Waals surface area contributed by atoms with Gasteiger partial charge in [-0.1, -0.05) is 25.1 Å². The molecule has 0 aliphatic carbocycles. The Hall–Kier alpha value is -3.92. The second-order valence-electron chi connectivity index (χ2n) is 7.26. The van der Waals surface area contributed by atoms with E-state index in [1.54, 1.807) is 43.3 Å². The Kier molecular flexibility index (Phi) is 7.06. The minimum Gasteiger partial charge on any atom is -0.493 e. The van der Waals surface area contributed by atoms with Gasteiger partial charge in [-0.05, 0) is 60.4 Å². The van der Waals surface area contributed by atoms with E-state index in [4.69, 9.17) is 9.47 Å². The van der Waals surface area contributed by atoms with Gasteiger partial charge in [-0.3, -0.25) is 14.5 Å². The number of nitrogens with zero attached hydrogens (tertiary/aromatic N) is 2. The molecule has 0 spiro atoms. The predicted molar refractivity (Wildman–Crippen MR) is 117 cm³/mol. The normalized spacial score (nSPS) is 15.2. The van der Waals surface area contributed by atoms with E-state index in [0.717, 1.165) is 10.5 Å². The predicted octanol–water partition coefficient (Wildman–Crippen LogP) is 4.42. The molecule has 2 aromatic carbocycles. The van der Waals surface area contributed by atoms with Crippen LogP contribution in [0.2, 0.25) is 0 Å². The van der Waals surface area contributed by atoms with E-state index in [0.29, 0.717) is 29.1 Å². The van der Waals surface area contributed by atoms with E-state index in [-0.39, 0.29) is 30.1 Å². The van der Waals surface area contributed by atoms with E-state index >= 15 is 0 Å². The van der Waals surface area contributed by atoms with Crippen LogP contribution in [0.4, 0.5) is 4.39 Å². The summed E-state index contributed by atoms with van der Waals surface area (Å²) in [7, 11) is 1.50. The number of benzene rings is 2.